The number of hydrogen-bond acceptors (Lipinski definition) is 3. The molecule has 3 atom stereocenters. The molecule has 0 unspecified atom stereocenters. The molecule has 0 radical (unpaired) electrons. The highest BCUT2D eigenvalue weighted by atomic mass is 35.6. The molecule has 0 aliphatic heterocycles. The second kappa shape index (κ2) is 7.24. The van der Waals surface area contributed by atoms with Gasteiger partial charge >= 0.3 is 6.16 Å². The summed E-state index contributed by atoms with van der Waals surface area (Å²) in [5.74, 6) is 1.40. The van der Waals surface area contributed by atoms with E-state index in [4.69, 9.17) is 44.3 Å². The van der Waals surface area contributed by atoms with Gasteiger partial charge < -0.3 is 9.47 Å². The number of carbonyl (C=O) groups excluding carboxylic acids is 1. The second-order valence-electron chi connectivity index (χ2n) is 5.64. The van der Waals surface area contributed by atoms with E-state index in [0.717, 1.165) is 12.8 Å². The number of ether oxygens (including phenoxy) is 2. The largest absolute Gasteiger partial charge is 0.508 e. The van der Waals surface area contributed by atoms with E-state index in [1.54, 1.807) is 0 Å². The Morgan fingerprint density at radius 2 is 1.95 bits per heavy atom. The van der Waals surface area contributed by atoms with Gasteiger partial charge in [0.15, 0.2) is 0 Å². The lowest BCUT2D eigenvalue weighted by atomic mass is 9.75. The molecule has 1 rings (SSSR count). The van der Waals surface area contributed by atoms with E-state index in [1.807, 2.05) is 0 Å². The standard InChI is InChI=1S/C13H21Cl3O3/c1-8(2)10-5-4-9(3)6-11(10)19-12(17)18-7-13(14,15)16/h8-11H,4-7H2,1-3H3/t9-,10+,11-/m0/s1. The fraction of sp³-hybridized carbons (Fsp3) is 0.923. The molecule has 3 nitrogen and oxygen atoms in total. The molecule has 0 spiro atoms. The normalized spacial score (nSPS) is 28.3. The minimum atomic E-state index is -1.60. The van der Waals surface area contributed by atoms with Gasteiger partial charge in [-0.15, -0.1) is 0 Å². The lowest BCUT2D eigenvalue weighted by Crippen LogP contribution is -2.36. The van der Waals surface area contributed by atoms with Crippen molar-refractivity contribution >= 4 is 41.0 Å². The van der Waals surface area contributed by atoms with E-state index in [1.165, 1.54) is 6.42 Å². The average molecular weight is 332 g/mol. The summed E-state index contributed by atoms with van der Waals surface area (Å²) in [4.78, 5) is 11.6. The van der Waals surface area contributed by atoms with Gasteiger partial charge in [0.2, 0.25) is 3.79 Å². The highest BCUT2D eigenvalue weighted by Crippen LogP contribution is 2.35. The number of halogens is 3. The van der Waals surface area contributed by atoms with Crippen LogP contribution in [-0.4, -0.2) is 22.7 Å². The van der Waals surface area contributed by atoms with Gasteiger partial charge in [-0.25, -0.2) is 4.79 Å². The summed E-state index contributed by atoms with van der Waals surface area (Å²) >= 11 is 16.6. The molecule has 1 aliphatic rings. The maximum absolute atomic E-state index is 11.6. The molecule has 0 saturated heterocycles. The van der Waals surface area contributed by atoms with Crippen molar-refractivity contribution in [3.8, 4) is 0 Å². The highest BCUT2D eigenvalue weighted by Gasteiger charge is 2.34. The molecule has 19 heavy (non-hydrogen) atoms. The van der Waals surface area contributed by atoms with Crippen molar-refractivity contribution < 1.29 is 14.3 Å². The third-order valence-electron chi connectivity index (χ3n) is 3.56. The molecule has 0 heterocycles. The summed E-state index contributed by atoms with van der Waals surface area (Å²) in [7, 11) is 0. The van der Waals surface area contributed by atoms with Gasteiger partial charge in [0.1, 0.15) is 12.7 Å². The van der Waals surface area contributed by atoms with Crippen LogP contribution < -0.4 is 0 Å². The predicted molar refractivity (Wildman–Crippen MR) is 77.9 cm³/mol. The zero-order valence-corrected chi connectivity index (χ0v) is 13.8. The molecule has 0 aromatic heterocycles. The van der Waals surface area contributed by atoms with Gasteiger partial charge in [0, 0.05) is 0 Å². The molecule has 112 valence electrons. The lowest BCUT2D eigenvalue weighted by Gasteiger charge is -2.36. The summed E-state index contributed by atoms with van der Waals surface area (Å²) in [6.45, 7) is 6.15. The minimum Gasteiger partial charge on any atom is -0.431 e. The van der Waals surface area contributed by atoms with Crippen LogP contribution in [0.4, 0.5) is 4.79 Å². The minimum absolute atomic E-state index is 0.105. The van der Waals surface area contributed by atoms with Gasteiger partial charge in [-0.05, 0) is 30.6 Å². The zero-order valence-electron chi connectivity index (χ0n) is 11.5. The molecule has 1 fully saturated rings. The van der Waals surface area contributed by atoms with Gasteiger partial charge in [-0.2, -0.15) is 0 Å². The van der Waals surface area contributed by atoms with E-state index in [2.05, 4.69) is 20.8 Å². The number of rotatable bonds is 3. The van der Waals surface area contributed by atoms with Gasteiger partial charge in [-0.3, -0.25) is 0 Å². The molecular formula is C13H21Cl3O3. The topological polar surface area (TPSA) is 35.5 Å². The molecule has 0 N–H and O–H groups in total. The summed E-state index contributed by atoms with van der Waals surface area (Å²) in [6.07, 6.45) is 2.25. The van der Waals surface area contributed by atoms with Crippen LogP contribution in [0.25, 0.3) is 0 Å². The SMILES string of the molecule is CC(C)[C@H]1CC[C@H](C)C[C@@H]1OC(=O)OCC(Cl)(Cl)Cl. The number of alkyl halides is 3. The van der Waals surface area contributed by atoms with Crippen molar-refractivity contribution in [2.24, 2.45) is 17.8 Å². The van der Waals surface area contributed by atoms with Gasteiger partial charge in [-0.1, -0.05) is 62.0 Å². The second-order valence-corrected chi connectivity index (χ2v) is 8.15. The van der Waals surface area contributed by atoms with E-state index < -0.39 is 9.95 Å². The third kappa shape index (κ3) is 6.42. The summed E-state index contributed by atoms with van der Waals surface area (Å²) < 4.78 is 8.61. The molecule has 0 aromatic carbocycles. The van der Waals surface area contributed by atoms with Crippen LogP contribution in [0.15, 0.2) is 0 Å². The van der Waals surface area contributed by atoms with Crippen LogP contribution in [0.3, 0.4) is 0 Å². The molecular weight excluding hydrogens is 310 g/mol. The fourth-order valence-electron chi connectivity index (χ4n) is 2.55. The zero-order chi connectivity index (χ0) is 14.6. The van der Waals surface area contributed by atoms with Crippen LogP contribution in [-0.2, 0) is 9.47 Å². The highest BCUT2D eigenvalue weighted by molar-refractivity contribution is 6.67. The first kappa shape index (κ1) is 17.2. The molecule has 0 amide bonds. The summed E-state index contributed by atoms with van der Waals surface area (Å²) in [5.41, 5.74) is 0. The van der Waals surface area contributed by atoms with Crippen molar-refractivity contribution in [1.82, 2.24) is 0 Å². The predicted octanol–water partition coefficient (Wildman–Crippen LogP) is 4.97. The maximum atomic E-state index is 11.6. The Kier molecular flexibility index (Phi) is 6.55. The Labute approximate surface area is 129 Å². The third-order valence-corrected chi connectivity index (χ3v) is 3.89. The van der Waals surface area contributed by atoms with Crippen LogP contribution in [0.1, 0.15) is 40.0 Å². The van der Waals surface area contributed by atoms with E-state index in [9.17, 15) is 4.79 Å². The first-order chi connectivity index (χ1) is 8.69. The first-order valence-electron chi connectivity index (χ1n) is 6.59. The average Bonchev–Trinajstić information content (AvgIpc) is 2.25. The monoisotopic (exact) mass is 330 g/mol. The van der Waals surface area contributed by atoms with Gasteiger partial charge in [0.25, 0.3) is 0 Å². The van der Waals surface area contributed by atoms with Gasteiger partial charge in [0.05, 0.1) is 0 Å². The van der Waals surface area contributed by atoms with Crippen LogP contribution in [0.5, 0.6) is 0 Å². The van der Waals surface area contributed by atoms with E-state index in [-0.39, 0.29) is 12.7 Å². The van der Waals surface area contributed by atoms with Crippen molar-refractivity contribution in [3.63, 3.8) is 0 Å². The molecule has 0 bridgehead atoms. The van der Waals surface area contributed by atoms with Crippen molar-refractivity contribution in [1.29, 1.82) is 0 Å². The van der Waals surface area contributed by atoms with Crippen LogP contribution in [0, 0.1) is 17.8 Å². The van der Waals surface area contributed by atoms with E-state index in [0.29, 0.717) is 17.8 Å². The molecule has 1 saturated carbocycles. The number of carbonyl (C=O) groups is 1. The Morgan fingerprint density at radius 1 is 1.32 bits per heavy atom. The lowest BCUT2D eigenvalue weighted by molar-refractivity contribution is -0.0312. The van der Waals surface area contributed by atoms with Crippen molar-refractivity contribution in [3.05, 3.63) is 0 Å². The Hall–Kier alpha value is 0.140. The van der Waals surface area contributed by atoms with Crippen LogP contribution >= 0.6 is 34.8 Å². The smallest absolute Gasteiger partial charge is 0.431 e. The Balaban J connectivity index is 2.49. The van der Waals surface area contributed by atoms with Crippen molar-refractivity contribution in [2.45, 2.75) is 49.9 Å². The Bertz CT molecular complexity index is 302. The van der Waals surface area contributed by atoms with E-state index >= 15 is 0 Å². The first-order valence-corrected chi connectivity index (χ1v) is 7.72. The fourth-order valence-corrected chi connectivity index (χ4v) is 2.71. The van der Waals surface area contributed by atoms with Crippen molar-refractivity contribution in [2.75, 3.05) is 6.61 Å². The number of hydrogen-bond donors (Lipinski definition) is 0. The molecule has 0 aromatic rings. The van der Waals surface area contributed by atoms with Crippen LogP contribution in [0.2, 0.25) is 0 Å². The summed E-state index contributed by atoms with van der Waals surface area (Å²) in [6, 6.07) is 0. The Morgan fingerprint density at radius 3 is 2.47 bits per heavy atom. The molecule has 1 aliphatic carbocycles. The molecule has 6 heteroatoms. The summed E-state index contributed by atoms with van der Waals surface area (Å²) in [5, 5.41) is 0. The maximum Gasteiger partial charge on any atom is 0.508 e. The quantitative estimate of drug-likeness (QED) is 0.541.